The van der Waals surface area contributed by atoms with Crippen LogP contribution in [-0.4, -0.2) is 6.54 Å². The minimum Gasteiger partial charge on any atom is -0.467 e. The molecule has 3 unspecified atom stereocenters. The van der Waals surface area contributed by atoms with Crippen molar-refractivity contribution in [2.75, 3.05) is 6.54 Å². The normalized spacial score (nSPS) is 38.6. The molecule has 2 heterocycles. The molecule has 3 atom stereocenters. The summed E-state index contributed by atoms with van der Waals surface area (Å²) in [6.07, 6.45) is 6.77. The van der Waals surface area contributed by atoms with E-state index < -0.39 is 0 Å². The molecule has 88 valence electrons. The lowest BCUT2D eigenvalue weighted by Crippen LogP contribution is -2.50. The molecule has 1 aliphatic heterocycles. The number of nitrogens with one attached hydrogen (secondary N) is 1. The summed E-state index contributed by atoms with van der Waals surface area (Å²) in [4.78, 5) is 0. The highest BCUT2D eigenvalue weighted by Crippen LogP contribution is 2.45. The minimum absolute atomic E-state index is 0.156. The van der Waals surface area contributed by atoms with Crippen molar-refractivity contribution < 1.29 is 4.42 Å². The molecule has 1 aromatic rings. The molecule has 0 radical (unpaired) electrons. The maximum absolute atomic E-state index is 5.77. The Morgan fingerprint density at radius 3 is 3.06 bits per heavy atom. The van der Waals surface area contributed by atoms with Gasteiger partial charge in [0.1, 0.15) is 5.76 Å². The Balaban J connectivity index is 1.96. The fourth-order valence-corrected chi connectivity index (χ4v) is 3.45. The smallest absolute Gasteiger partial charge is 0.127 e. The third-order valence-corrected chi connectivity index (χ3v) is 4.71. The number of furan rings is 1. The number of fused-ring (bicyclic) bond motifs is 2. The van der Waals surface area contributed by atoms with Crippen LogP contribution in [0.4, 0.5) is 0 Å². The molecule has 0 saturated heterocycles. The van der Waals surface area contributed by atoms with Crippen LogP contribution in [0, 0.1) is 11.8 Å². The first kappa shape index (κ1) is 10.4. The highest BCUT2D eigenvalue weighted by atomic mass is 16.3. The lowest BCUT2D eigenvalue weighted by atomic mass is 9.68. The van der Waals surface area contributed by atoms with Gasteiger partial charge in [-0.2, -0.15) is 0 Å². The first-order chi connectivity index (χ1) is 7.71. The summed E-state index contributed by atoms with van der Waals surface area (Å²) in [5, 5.41) is 3.73. The van der Waals surface area contributed by atoms with Crippen molar-refractivity contribution in [1.82, 2.24) is 5.32 Å². The van der Waals surface area contributed by atoms with E-state index in [9.17, 15) is 0 Å². The summed E-state index contributed by atoms with van der Waals surface area (Å²) in [6, 6.07) is 2.15. The molecule has 3 rings (SSSR count). The molecule has 2 aliphatic rings. The molecular weight excluding hydrogens is 198 g/mol. The van der Waals surface area contributed by atoms with Gasteiger partial charge >= 0.3 is 0 Å². The SMILES string of the molecule is CC1CCC2(CC1C)NCCc1ccoc12. The van der Waals surface area contributed by atoms with E-state index in [1.165, 1.54) is 30.6 Å². The van der Waals surface area contributed by atoms with E-state index in [0.717, 1.165) is 24.8 Å². The van der Waals surface area contributed by atoms with Gasteiger partial charge in [0.15, 0.2) is 0 Å². The Bertz CT molecular complexity index is 384. The molecule has 1 fully saturated rings. The highest BCUT2D eigenvalue weighted by Gasteiger charge is 2.43. The third-order valence-electron chi connectivity index (χ3n) is 4.71. The molecule has 1 N–H and O–H groups in total. The van der Waals surface area contributed by atoms with Crippen molar-refractivity contribution in [2.45, 2.75) is 45.1 Å². The molecule has 0 bridgehead atoms. The van der Waals surface area contributed by atoms with Crippen molar-refractivity contribution in [3.63, 3.8) is 0 Å². The summed E-state index contributed by atoms with van der Waals surface area (Å²) in [7, 11) is 0. The van der Waals surface area contributed by atoms with E-state index in [1.807, 2.05) is 6.26 Å². The van der Waals surface area contributed by atoms with Crippen molar-refractivity contribution in [3.05, 3.63) is 23.7 Å². The second-order valence-corrected chi connectivity index (χ2v) is 5.73. The lowest BCUT2D eigenvalue weighted by Gasteiger charge is -2.44. The van der Waals surface area contributed by atoms with Crippen LogP contribution < -0.4 is 5.32 Å². The Hall–Kier alpha value is -0.760. The monoisotopic (exact) mass is 219 g/mol. The van der Waals surface area contributed by atoms with Crippen LogP contribution in [0.1, 0.15) is 44.4 Å². The average molecular weight is 219 g/mol. The van der Waals surface area contributed by atoms with Crippen LogP contribution >= 0.6 is 0 Å². The van der Waals surface area contributed by atoms with Gasteiger partial charge < -0.3 is 9.73 Å². The van der Waals surface area contributed by atoms with Gasteiger partial charge in [-0.15, -0.1) is 0 Å². The van der Waals surface area contributed by atoms with Gasteiger partial charge in [-0.3, -0.25) is 0 Å². The van der Waals surface area contributed by atoms with Gasteiger partial charge in [0, 0.05) is 6.54 Å². The van der Waals surface area contributed by atoms with Crippen LogP contribution in [0.3, 0.4) is 0 Å². The van der Waals surface area contributed by atoms with Gasteiger partial charge in [-0.1, -0.05) is 13.8 Å². The van der Waals surface area contributed by atoms with Crippen molar-refractivity contribution in [3.8, 4) is 0 Å². The van der Waals surface area contributed by atoms with E-state index in [4.69, 9.17) is 4.42 Å². The zero-order chi connectivity index (χ0) is 11.2. The molecule has 1 aliphatic carbocycles. The first-order valence-corrected chi connectivity index (χ1v) is 6.53. The average Bonchev–Trinajstić information content (AvgIpc) is 2.74. The molecule has 2 nitrogen and oxygen atoms in total. The Morgan fingerprint density at radius 1 is 1.38 bits per heavy atom. The van der Waals surface area contributed by atoms with Crippen LogP contribution in [0.2, 0.25) is 0 Å². The summed E-state index contributed by atoms with van der Waals surface area (Å²) in [5.74, 6) is 2.88. The van der Waals surface area contributed by atoms with E-state index in [0.29, 0.717) is 0 Å². The largest absolute Gasteiger partial charge is 0.467 e. The Morgan fingerprint density at radius 2 is 2.25 bits per heavy atom. The van der Waals surface area contributed by atoms with E-state index >= 15 is 0 Å². The van der Waals surface area contributed by atoms with Crippen LogP contribution in [0.5, 0.6) is 0 Å². The molecule has 0 aromatic carbocycles. The fraction of sp³-hybridized carbons (Fsp3) is 0.714. The van der Waals surface area contributed by atoms with E-state index in [-0.39, 0.29) is 5.54 Å². The molecule has 1 spiro atoms. The van der Waals surface area contributed by atoms with Crippen molar-refractivity contribution >= 4 is 0 Å². The van der Waals surface area contributed by atoms with E-state index in [1.54, 1.807) is 0 Å². The summed E-state index contributed by atoms with van der Waals surface area (Å²) < 4.78 is 5.77. The standard InChI is InChI=1S/C14H21NO/c1-10-3-6-14(9-11(10)2)13-12(4-7-15-14)5-8-16-13/h5,8,10-11,15H,3-4,6-7,9H2,1-2H3. The van der Waals surface area contributed by atoms with Crippen LogP contribution in [0.15, 0.2) is 16.7 Å². The zero-order valence-electron chi connectivity index (χ0n) is 10.3. The van der Waals surface area contributed by atoms with Crippen LogP contribution in [-0.2, 0) is 12.0 Å². The lowest BCUT2D eigenvalue weighted by molar-refractivity contribution is 0.111. The van der Waals surface area contributed by atoms with Crippen molar-refractivity contribution in [2.24, 2.45) is 11.8 Å². The van der Waals surface area contributed by atoms with Gasteiger partial charge in [-0.05, 0) is 49.1 Å². The molecule has 16 heavy (non-hydrogen) atoms. The first-order valence-electron chi connectivity index (χ1n) is 6.53. The number of rotatable bonds is 0. The molecule has 0 amide bonds. The third kappa shape index (κ3) is 1.43. The topological polar surface area (TPSA) is 25.2 Å². The maximum Gasteiger partial charge on any atom is 0.127 e. The fourth-order valence-electron chi connectivity index (χ4n) is 3.45. The summed E-state index contributed by atoms with van der Waals surface area (Å²) in [5.41, 5.74) is 1.59. The maximum atomic E-state index is 5.77. The van der Waals surface area contributed by atoms with E-state index in [2.05, 4.69) is 25.2 Å². The molecule has 1 aromatic heterocycles. The van der Waals surface area contributed by atoms with Gasteiger partial charge in [0.25, 0.3) is 0 Å². The summed E-state index contributed by atoms with van der Waals surface area (Å²) in [6.45, 7) is 5.86. The predicted molar refractivity (Wildman–Crippen MR) is 64.3 cm³/mol. The van der Waals surface area contributed by atoms with Gasteiger partial charge in [0.05, 0.1) is 11.8 Å². The van der Waals surface area contributed by atoms with Gasteiger partial charge in [0.2, 0.25) is 0 Å². The van der Waals surface area contributed by atoms with Crippen LogP contribution in [0.25, 0.3) is 0 Å². The highest BCUT2D eigenvalue weighted by molar-refractivity contribution is 5.29. The zero-order valence-corrected chi connectivity index (χ0v) is 10.3. The quantitative estimate of drug-likeness (QED) is 0.725. The predicted octanol–water partition coefficient (Wildman–Crippen LogP) is 3.08. The molecule has 2 heteroatoms. The minimum atomic E-state index is 0.156. The molecule has 1 saturated carbocycles. The Kier molecular flexibility index (Phi) is 2.36. The van der Waals surface area contributed by atoms with Crippen molar-refractivity contribution in [1.29, 1.82) is 0 Å². The Labute approximate surface area is 97.4 Å². The molecular formula is C14H21NO. The second-order valence-electron chi connectivity index (χ2n) is 5.73. The number of hydrogen-bond donors (Lipinski definition) is 1. The van der Waals surface area contributed by atoms with Gasteiger partial charge in [-0.25, -0.2) is 0 Å². The number of hydrogen-bond acceptors (Lipinski definition) is 2. The second kappa shape index (κ2) is 3.63. The summed E-state index contributed by atoms with van der Waals surface area (Å²) >= 11 is 0.